The number of hydrogen-bond donors (Lipinski definition) is 1. The van der Waals surface area contributed by atoms with Gasteiger partial charge in [0.2, 0.25) is 0 Å². The number of alkyl halides is 6. The summed E-state index contributed by atoms with van der Waals surface area (Å²) in [5.41, 5.74) is -3.70. The van der Waals surface area contributed by atoms with Crippen molar-refractivity contribution in [2.45, 2.75) is 12.4 Å². The second-order valence-electron chi connectivity index (χ2n) is 6.22. The van der Waals surface area contributed by atoms with E-state index in [4.69, 9.17) is 4.42 Å². The number of nitrogens with one attached hydrogen (secondary N) is 1. The Kier molecular flexibility index (Phi) is 5.49. The van der Waals surface area contributed by atoms with Gasteiger partial charge in [-0.05, 0) is 42.5 Å². The highest BCUT2D eigenvalue weighted by atomic mass is 19.4. The number of nitrogens with zero attached hydrogens (tertiary/aromatic N) is 1. The number of carbonyl (C=O) groups excluding carboxylic acids is 1. The predicted octanol–water partition coefficient (Wildman–Crippen LogP) is 6.14. The average molecular weight is 444 g/mol. The molecule has 162 valence electrons. The molecule has 12 heteroatoms. The molecule has 0 aliphatic carbocycles. The molecule has 0 saturated heterocycles. The molecule has 31 heavy (non-hydrogen) atoms. The van der Waals surface area contributed by atoms with Gasteiger partial charge in [-0.2, -0.15) is 26.3 Å². The van der Waals surface area contributed by atoms with E-state index < -0.39 is 40.0 Å². The number of furan rings is 1. The molecular formula is C19H10F6N2O4. The maximum Gasteiger partial charge on any atom is 0.416 e. The highest BCUT2D eigenvalue weighted by Crippen LogP contribution is 2.37. The maximum absolute atomic E-state index is 12.9. The summed E-state index contributed by atoms with van der Waals surface area (Å²) in [6.45, 7) is 0. The third-order valence-electron chi connectivity index (χ3n) is 4.04. The van der Waals surface area contributed by atoms with Gasteiger partial charge in [0, 0.05) is 23.4 Å². The normalized spacial score (nSPS) is 11.9. The quantitative estimate of drug-likeness (QED) is 0.297. The van der Waals surface area contributed by atoms with Crippen molar-refractivity contribution in [3.8, 4) is 11.3 Å². The molecule has 1 heterocycles. The molecule has 3 aromatic rings. The number of nitro benzene ring substituents is 1. The van der Waals surface area contributed by atoms with E-state index in [0.717, 1.165) is 6.07 Å². The summed E-state index contributed by atoms with van der Waals surface area (Å²) >= 11 is 0. The van der Waals surface area contributed by atoms with Crippen LogP contribution in [0.15, 0.2) is 59.0 Å². The lowest BCUT2D eigenvalue weighted by Gasteiger charge is -2.14. The van der Waals surface area contributed by atoms with Crippen molar-refractivity contribution >= 4 is 17.3 Å². The summed E-state index contributed by atoms with van der Waals surface area (Å²) in [4.78, 5) is 22.3. The molecule has 1 amide bonds. The van der Waals surface area contributed by atoms with Crippen LogP contribution in [-0.4, -0.2) is 10.8 Å². The van der Waals surface area contributed by atoms with Crippen LogP contribution in [0.25, 0.3) is 11.3 Å². The fourth-order valence-corrected chi connectivity index (χ4v) is 2.58. The standard InChI is InChI=1S/C19H10F6N2O4/c20-18(21,22)11-7-12(19(23,24)25)9-13(8-11)26-17(28)16-6-5-15(31-16)10-1-3-14(4-2-10)27(29)30/h1-9H,(H,26,28). The molecule has 0 bridgehead atoms. The van der Waals surface area contributed by atoms with Crippen molar-refractivity contribution in [1.29, 1.82) is 0 Å². The number of hydrogen-bond acceptors (Lipinski definition) is 4. The van der Waals surface area contributed by atoms with E-state index in [9.17, 15) is 41.3 Å². The lowest BCUT2D eigenvalue weighted by atomic mass is 10.1. The van der Waals surface area contributed by atoms with Crippen LogP contribution >= 0.6 is 0 Å². The van der Waals surface area contributed by atoms with Crippen molar-refractivity contribution in [2.75, 3.05) is 5.32 Å². The lowest BCUT2D eigenvalue weighted by Crippen LogP contribution is -2.15. The van der Waals surface area contributed by atoms with Crippen LogP contribution in [0.2, 0.25) is 0 Å². The topological polar surface area (TPSA) is 85.4 Å². The van der Waals surface area contributed by atoms with Gasteiger partial charge in [-0.3, -0.25) is 14.9 Å². The summed E-state index contributed by atoms with van der Waals surface area (Å²) in [7, 11) is 0. The largest absolute Gasteiger partial charge is 0.451 e. The summed E-state index contributed by atoms with van der Waals surface area (Å²) < 4.78 is 82.8. The monoisotopic (exact) mass is 444 g/mol. The molecule has 0 saturated carbocycles. The molecule has 2 aromatic carbocycles. The third kappa shape index (κ3) is 5.02. The van der Waals surface area contributed by atoms with Gasteiger partial charge in [-0.25, -0.2) is 0 Å². The number of anilines is 1. The number of carbonyl (C=O) groups is 1. The van der Waals surface area contributed by atoms with E-state index in [2.05, 4.69) is 0 Å². The average Bonchev–Trinajstić information content (AvgIpc) is 3.17. The zero-order chi connectivity index (χ0) is 23.0. The minimum Gasteiger partial charge on any atom is -0.451 e. The summed E-state index contributed by atoms with van der Waals surface area (Å²) in [5.74, 6) is -1.36. The first-order valence-corrected chi connectivity index (χ1v) is 8.30. The minimum absolute atomic E-state index is 0.0603. The highest BCUT2D eigenvalue weighted by molar-refractivity contribution is 6.02. The molecule has 0 radical (unpaired) electrons. The van der Waals surface area contributed by atoms with Crippen molar-refractivity contribution < 1.29 is 40.5 Å². The van der Waals surface area contributed by atoms with Crippen LogP contribution in [0.5, 0.6) is 0 Å². The van der Waals surface area contributed by atoms with Gasteiger partial charge in [0.15, 0.2) is 5.76 Å². The first kappa shape index (κ1) is 21.9. The van der Waals surface area contributed by atoms with Crippen LogP contribution < -0.4 is 5.32 Å². The van der Waals surface area contributed by atoms with Gasteiger partial charge in [-0.15, -0.1) is 0 Å². The molecule has 3 rings (SSSR count). The highest BCUT2D eigenvalue weighted by Gasteiger charge is 2.37. The molecule has 0 spiro atoms. The Morgan fingerprint density at radius 2 is 1.42 bits per heavy atom. The van der Waals surface area contributed by atoms with Gasteiger partial charge in [0.05, 0.1) is 16.1 Å². The second-order valence-corrected chi connectivity index (χ2v) is 6.22. The third-order valence-corrected chi connectivity index (χ3v) is 4.04. The number of rotatable bonds is 4. The van der Waals surface area contributed by atoms with E-state index >= 15 is 0 Å². The zero-order valence-electron chi connectivity index (χ0n) is 15.0. The van der Waals surface area contributed by atoms with Gasteiger partial charge in [0.25, 0.3) is 11.6 Å². The Labute approximate surface area is 169 Å². The molecule has 0 atom stereocenters. The minimum atomic E-state index is -5.06. The predicted molar refractivity (Wildman–Crippen MR) is 95.2 cm³/mol. The molecule has 1 aromatic heterocycles. The Hall–Kier alpha value is -3.83. The first-order valence-electron chi connectivity index (χ1n) is 8.30. The van der Waals surface area contributed by atoms with Crippen molar-refractivity contribution in [1.82, 2.24) is 0 Å². The fourth-order valence-electron chi connectivity index (χ4n) is 2.58. The van der Waals surface area contributed by atoms with Crippen molar-refractivity contribution in [3.63, 3.8) is 0 Å². The summed E-state index contributed by atoms with van der Waals surface area (Å²) in [6.07, 6.45) is -10.1. The molecule has 0 aliphatic rings. The zero-order valence-corrected chi connectivity index (χ0v) is 15.0. The van der Waals surface area contributed by atoms with Gasteiger partial charge < -0.3 is 9.73 Å². The van der Waals surface area contributed by atoms with Gasteiger partial charge >= 0.3 is 12.4 Å². The summed E-state index contributed by atoms with van der Waals surface area (Å²) in [6, 6.07) is 8.24. The Bertz CT molecular complexity index is 1100. The van der Waals surface area contributed by atoms with E-state index in [-0.39, 0.29) is 23.3 Å². The number of non-ortho nitro benzene ring substituents is 1. The number of nitro groups is 1. The van der Waals surface area contributed by atoms with Gasteiger partial charge in [-0.1, -0.05) is 0 Å². The van der Waals surface area contributed by atoms with E-state index in [0.29, 0.717) is 17.7 Å². The Morgan fingerprint density at radius 1 is 0.871 bits per heavy atom. The second kappa shape index (κ2) is 7.78. The summed E-state index contributed by atoms with van der Waals surface area (Å²) in [5, 5.41) is 12.6. The molecule has 1 N–H and O–H groups in total. The fraction of sp³-hybridized carbons (Fsp3) is 0.105. The van der Waals surface area contributed by atoms with E-state index in [1.807, 2.05) is 5.32 Å². The molecule has 0 aliphatic heterocycles. The smallest absolute Gasteiger partial charge is 0.416 e. The number of benzene rings is 2. The lowest BCUT2D eigenvalue weighted by molar-refractivity contribution is -0.384. The molecule has 6 nitrogen and oxygen atoms in total. The van der Waals surface area contributed by atoms with Crippen LogP contribution in [0.1, 0.15) is 21.7 Å². The molecular weight excluding hydrogens is 434 g/mol. The van der Waals surface area contributed by atoms with Crippen molar-refractivity contribution in [2.24, 2.45) is 0 Å². The first-order chi connectivity index (χ1) is 14.3. The Balaban J connectivity index is 1.86. The number of amides is 1. The van der Waals surface area contributed by atoms with Crippen LogP contribution in [-0.2, 0) is 12.4 Å². The van der Waals surface area contributed by atoms with E-state index in [1.54, 1.807) is 0 Å². The maximum atomic E-state index is 12.9. The SMILES string of the molecule is O=C(Nc1cc(C(F)(F)F)cc(C(F)(F)F)c1)c1ccc(-c2ccc([N+](=O)[O-])cc2)o1. The molecule has 0 unspecified atom stereocenters. The number of halogens is 6. The molecule has 0 fully saturated rings. The van der Waals surface area contributed by atoms with Crippen molar-refractivity contribution in [3.05, 3.63) is 81.6 Å². The Morgan fingerprint density at radius 3 is 1.90 bits per heavy atom. The van der Waals surface area contributed by atoms with Crippen LogP contribution in [0.4, 0.5) is 37.7 Å². The van der Waals surface area contributed by atoms with E-state index in [1.165, 1.54) is 30.3 Å². The van der Waals surface area contributed by atoms with Gasteiger partial charge in [0.1, 0.15) is 5.76 Å². The van der Waals surface area contributed by atoms with Crippen LogP contribution in [0.3, 0.4) is 0 Å². The van der Waals surface area contributed by atoms with Crippen LogP contribution in [0, 0.1) is 10.1 Å².